The van der Waals surface area contributed by atoms with Gasteiger partial charge in [0.05, 0.1) is 0 Å². The Morgan fingerprint density at radius 1 is 1.03 bits per heavy atom. The number of aromatic nitrogens is 1. The van der Waals surface area contributed by atoms with Gasteiger partial charge in [-0.3, -0.25) is 4.98 Å². The molecule has 176 valence electrons. The molecule has 1 heterocycles. The average molecular weight is 440 g/mol. The second-order valence-electron chi connectivity index (χ2n) is 9.13. The van der Waals surface area contributed by atoms with Crippen molar-refractivity contribution in [2.24, 2.45) is 0 Å². The van der Waals surface area contributed by atoms with Crippen LogP contribution in [0.25, 0.3) is 0 Å². The fraction of sp³-hybridized carbons (Fsp3) is 0.593. The van der Waals surface area contributed by atoms with Crippen molar-refractivity contribution < 1.29 is 10.2 Å². The Labute approximate surface area is 193 Å². The number of rotatable bonds is 14. The van der Waals surface area contributed by atoms with Crippen LogP contribution in [-0.2, 0) is 19.3 Å². The highest BCUT2D eigenvalue weighted by atomic mass is 16.3. The molecule has 5 heteroatoms. The fourth-order valence-corrected chi connectivity index (χ4v) is 4.89. The summed E-state index contributed by atoms with van der Waals surface area (Å²) in [7, 11) is 0. The van der Waals surface area contributed by atoms with E-state index in [0.29, 0.717) is 6.04 Å². The van der Waals surface area contributed by atoms with Crippen molar-refractivity contribution in [3.8, 4) is 11.5 Å². The molecule has 3 N–H and O–H groups in total. The van der Waals surface area contributed by atoms with Gasteiger partial charge in [0.2, 0.25) is 0 Å². The van der Waals surface area contributed by atoms with E-state index in [0.717, 1.165) is 57.4 Å². The molecule has 1 atom stereocenters. The van der Waals surface area contributed by atoms with E-state index >= 15 is 0 Å². The molecule has 0 aliphatic heterocycles. The maximum atomic E-state index is 10.1. The van der Waals surface area contributed by atoms with Crippen LogP contribution in [0.15, 0.2) is 36.7 Å². The Kier molecular flexibility index (Phi) is 10.3. The van der Waals surface area contributed by atoms with Gasteiger partial charge in [0.25, 0.3) is 0 Å². The molecule has 0 bridgehead atoms. The quantitative estimate of drug-likeness (QED) is 0.290. The number of phenols is 2. The Hall–Kier alpha value is -2.11. The second-order valence-corrected chi connectivity index (χ2v) is 9.13. The topological polar surface area (TPSA) is 68.6 Å². The number of nitrogens with one attached hydrogen (secondary N) is 1. The van der Waals surface area contributed by atoms with Crippen LogP contribution in [-0.4, -0.2) is 52.3 Å². The van der Waals surface area contributed by atoms with Gasteiger partial charge in [0, 0.05) is 24.0 Å². The molecular formula is C27H41N3O2. The van der Waals surface area contributed by atoms with Crippen LogP contribution >= 0.6 is 0 Å². The predicted octanol–water partition coefficient (Wildman–Crippen LogP) is 4.84. The summed E-state index contributed by atoms with van der Waals surface area (Å²) in [4.78, 5) is 6.83. The van der Waals surface area contributed by atoms with E-state index in [4.69, 9.17) is 0 Å². The summed E-state index contributed by atoms with van der Waals surface area (Å²) in [5.74, 6) is 0.101. The summed E-state index contributed by atoms with van der Waals surface area (Å²) < 4.78 is 0. The molecule has 0 radical (unpaired) electrons. The Balaban J connectivity index is 1.28. The molecule has 3 rings (SSSR count). The zero-order valence-corrected chi connectivity index (χ0v) is 19.7. The molecule has 0 fully saturated rings. The van der Waals surface area contributed by atoms with Crippen molar-refractivity contribution in [3.63, 3.8) is 0 Å². The first-order valence-electron chi connectivity index (χ1n) is 12.6. The van der Waals surface area contributed by atoms with Gasteiger partial charge in [-0.1, -0.05) is 31.9 Å². The Morgan fingerprint density at radius 3 is 2.69 bits per heavy atom. The second kappa shape index (κ2) is 13.4. The van der Waals surface area contributed by atoms with Gasteiger partial charge in [0.1, 0.15) is 0 Å². The summed E-state index contributed by atoms with van der Waals surface area (Å²) >= 11 is 0. The molecule has 5 nitrogen and oxygen atoms in total. The number of unbranched alkanes of at least 4 members (excludes halogenated alkanes) is 3. The predicted molar refractivity (Wildman–Crippen MR) is 131 cm³/mol. The SMILES string of the molecule is CCCN(CCCCCCNCCCc1cccnc1)[C@H]1CCc2c(ccc(O)c2O)C1. The third-order valence-electron chi connectivity index (χ3n) is 6.66. The standard InChI is InChI=1S/C27H41N3O2/c1-2-18-30(24-12-13-25-23(20-24)11-14-26(31)27(25)32)19-6-4-3-5-15-28-16-7-9-22-10-8-17-29-21-22/h8,10-11,14,17,21,24,28,31-32H,2-7,9,12-13,15-16,18-20H2,1H3/t24-/m0/s1. The first kappa shape index (κ1) is 24.5. The van der Waals surface area contributed by atoms with Gasteiger partial charge >= 0.3 is 0 Å². The smallest absolute Gasteiger partial charge is 0.160 e. The zero-order valence-electron chi connectivity index (χ0n) is 19.7. The van der Waals surface area contributed by atoms with Crippen molar-refractivity contribution >= 4 is 0 Å². The summed E-state index contributed by atoms with van der Waals surface area (Å²) in [6.45, 7) is 6.75. The molecule has 1 aliphatic rings. The molecule has 1 aromatic carbocycles. The number of fused-ring (bicyclic) bond motifs is 1. The molecule has 0 saturated heterocycles. The van der Waals surface area contributed by atoms with Gasteiger partial charge in [0.15, 0.2) is 11.5 Å². The van der Waals surface area contributed by atoms with E-state index in [1.807, 2.05) is 24.5 Å². The molecule has 1 aromatic heterocycles. The van der Waals surface area contributed by atoms with E-state index in [2.05, 4.69) is 28.2 Å². The van der Waals surface area contributed by atoms with Crippen LogP contribution in [0, 0.1) is 0 Å². The minimum Gasteiger partial charge on any atom is -0.504 e. The van der Waals surface area contributed by atoms with Crippen molar-refractivity contribution in [2.45, 2.75) is 77.2 Å². The minimum absolute atomic E-state index is 0.00981. The van der Waals surface area contributed by atoms with Crippen LogP contribution in [0.5, 0.6) is 11.5 Å². The Morgan fingerprint density at radius 2 is 1.88 bits per heavy atom. The van der Waals surface area contributed by atoms with Crippen molar-refractivity contribution in [1.82, 2.24) is 15.2 Å². The fourth-order valence-electron chi connectivity index (χ4n) is 4.89. The average Bonchev–Trinajstić information content (AvgIpc) is 2.82. The lowest BCUT2D eigenvalue weighted by molar-refractivity contribution is 0.175. The highest BCUT2D eigenvalue weighted by Gasteiger charge is 2.26. The summed E-state index contributed by atoms with van der Waals surface area (Å²) in [6.07, 6.45) is 15.2. The number of hydrogen-bond donors (Lipinski definition) is 3. The van der Waals surface area contributed by atoms with Crippen LogP contribution in [0.4, 0.5) is 0 Å². The van der Waals surface area contributed by atoms with E-state index in [1.54, 1.807) is 6.07 Å². The maximum absolute atomic E-state index is 10.1. The third-order valence-corrected chi connectivity index (χ3v) is 6.66. The maximum Gasteiger partial charge on any atom is 0.160 e. The lowest BCUT2D eigenvalue weighted by atomic mass is 9.86. The molecule has 32 heavy (non-hydrogen) atoms. The number of aryl methyl sites for hydroxylation is 1. The van der Waals surface area contributed by atoms with Crippen molar-refractivity contribution in [1.29, 1.82) is 0 Å². The third kappa shape index (κ3) is 7.49. The summed E-state index contributed by atoms with van der Waals surface area (Å²) in [5.41, 5.74) is 3.47. The highest BCUT2D eigenvalue weighted by Crippen LogP contribution is 2.36. The normalized spacial score (nSPS) is 15.8. The minimum atomic E-state index is 0.00981. The molecule has 0 saturated carbocycles. The van der Waals surface area contributed by atoms with Gasteiger partial charge in [-0.05, 0) is 101 Å². The number of benzene rings is 1. The van der Waals surface area contributed by atoms with Crippen LogP contribution < -0.4 is 5.32 Å². The Bertz CT molecular complexity index is 797. The first-order chi connectivity index (χ1) is 15.7. The molecule has 0 amide bonds. The van der Waals surface area contributed by atoms with Crippen LogP contribution in [0.3, 0.4) is 0 Å². The van der Waals surface area contributed by atoms with E-state index in [9.17, 15) is 10.2 Å². The van der Waals surface area contributed by atoms with E-state index < -0.39 is 0 Å². The van der Waals surface area contributed by atoms with Crippen molar-refractivity contribution in [3.05, 3.63) is 53.3 Å². The van der Waals surface area contributed by atoms with Gasteiger partial charge in [-0.15, -0.1) is 0 Å². The summed E-state index contributed by atoms with van der Waals surface area (Å²) in [5, 5.41) is 23.5. The largest absolute Gasteiger partial charge is 0.504 e. The number of pyridine rings is 1. The first-order valence-corrected chi connectivity index (χ1v) is 12.6. The lowest BCUT2D eigenvalue weighted by Gasteiger charge is -2.35. The van der Waals surface area contributed by atoms with Gasteiger partial charge < -0.3 is 20.4 Å². The molecule has 0 spiro atoms. The van der Waals surface area contributed by atoms with Crippen LogP contribution in [0.1, 0.15) is 68.6 Å². The van der Waals surface area contributed by atoms with E-state index in [-0.39, 0.29) is 11.5 Å². The molecular weight excluding hydrogens is 398 g/mol. The molecule has 0 unspecified atom stereocenters. The number of aromatic hydroxyl groups is 2. The number of hydrogen-bond acceptors (Lipinski definition) is 5. The molecule has 1 aliphatic carbocycles. The highest BCUT2D eigenvalue weighted by molar-refractivity contribution is 5.50. The van der Waals surface area contributed by atoms with Gasteiger partial charge in [-0.2, -0.15) is 0 Å². The number of phenolic OH excluding ortho intramolecular Hbond substituents is 2. The lowest BCUT2D eigenvalue weighted by Crippen LogP contribution is -2.40. The number of nitrogens with zero attached hydrogens (tertiary/aromatic N) is 2. The summed E-state index contributed by atoms with van der Waals surface area (Å²) in [6, 6.07) is 8.33. The van der Waals surface area contributed by atoms with Crippen molar-refractivity contribution in [2.75, 3.05) is 26.2 Å². The molecule has 2 aromatic rings. The monoisotopic (exact) mass is 439 g/mol. The van der Waals surface area contributed by atoms with Crippen LogP contribution in [0.2, 0.25) is 0 Å². The van der Waals surface area contributed by atoms with Gasteiger partial charge in [-0.25, -0.2) is 0 Å². The van der Waals surface area contributed by atoms with E-state index in [1.165, 1.54) is 49.7 Å². The zero-order chi connectivity index (χ0) is 22.6.